The van der Waals surface area contributed by atoms with Crippen LogP contribution in [0.25, 0.3) is 11.4 Å². The van der Waals surface area contributed by atoms with Crippen LogP contribution in [0.5, 0.6) is 0 Å². The highest BCUT2D eigenvalue weighted by molar-refractivity contribution is 6.33. The van der Waals surface area contributed by atoms with E-state index in [9.17, 15) is 4.39 Å². The van der Waals surface area contributed by atoms with E-state index >= 15 is 0 Å². The molecule has 0 aliphatic heterocycles. The van der Waals surface area contributed by atoms with E-state index in [-0.39, 0.29) is 10.3 Å². The first-order valence-corrected chi connectivity index (χ1v) is 5.71. The second-order valence-electron chi connectivity index (χ2n) is 3.74. The molecule has 0 bridgehead atoms. The van der Waals surface area contributed by atoms with Crippen molar-refractivity contribution in [3.05, 3.63) is 45.4 Å². The summed E-state index contributed by atoms with van der Waals surface area (Å²) in [6.45, 7) is 3.98. The summed E-state index contributed by atoms with van der Waals surface area (Å²) in [5.74, 6) is -0.467. The predicted molar refractivity (Wildman–Crippen MR) is 66.9 cm³/mol. The molecule has 5 heteroatoms. The van der Waals surface area contributed by atoms with Crippen LogP contribution in [0.2, 0.25) is 10.3 Å². The third-order valence-electron chi connectivity index (χ3n) is 2.54. The fraction of sp³-hybridized carbons (Fsp3) is 0.167. The lowest BCUT2D eigenvalue weighted by atomic mass is 10.1. The Bertz CT molecular complexity index is 562. The highest BCUT2D eigenvalue weighted by Crippen LogP contribution is 2.25. The summed E-state index contributed by atoms with van der Waals surface area (Å²) in [5, 5.41) is -0.531. The maximum Gasteiger partial charge on any atom is 0.197 e. The number of aromatic nitrogens is 2. The standard InChI is InChI=1S/C12H9Cl2FN2/c1-6-3-4-8(5-7(6)2)12-16-10(13)9(15)11(14)17-12/h3-5H,1-2H3. The molecule has 2 nitrogen and oxygen atoms in total. The second kappa shape index (κ2) is 4.59. The monoisotopic (exact) mass is 270 g/mol. The van der Waals surface area contributed by atoms with E-state index in [1.807, 2.05) is 32.0 Å². The highest BCUT2D eigenvalue weighted by Gasteiger charge is 2.12. The lowest BCUT2D eigenvalue weighted by Gasteiger charge is -2.05. The van der Waals surface area contributed by atoms with Crippen molar-refractivity contribution in [2.45, 2.75) is 13.8 Å². The Kier molecular flexibility index (Phi) is 3.31. The lowest BCUT2D eigenvalue weighted by Crippen LogP contribution is -1.95. The smallest absolute Gasteiger partial charge is 0.197 e. The van der Waals surface area contributed by atoms with E-state index < -0.39 is 5.82 Å². The number of hydrogen-bond donors (Lipinski definition) is 0. The highest BCUT2D eigenvalue weighted by atomic mass is 35.5. The van der Waals surface area contributed by atoms with Crippen LogP contribution < -0.4 is 0 Å². The van der Waals surface area contributed by atoms with Crippen LogP contribution in [0.3, 0.4) is 0 Å². The summed E-state index contributed by atoms with van der Waals surface area (Å²) < 4.78 is 13.2. The largest absolute Gasteiger partial charge is 0.213 e. The number of hydrogen-bond acceptors (Lipinski definition) is 2. The fourth-order valence-corrected chi connectivity index (χ4v) is 1.79. The van der Waals surface area contributed by atoms with Gasteiger partial charge in [0.25, 0.3) is 0 Å². The molecular formula is C12H9Cl2FN2. The Labute approximate surface area is 108 Å². The molecule has 0 spiro atoms. The van der Waals surface area contributed by atoms with Gasteiger partial charge in [-0.05, 0) is 31.0 Å². The van der Waals surface area contributed by atoms with Crippen LogP contribution >= 0.6 is 23.2 Å². The van der Waals surface area contributed by atoms with Gasteiger partial charge in [-0.3, -0.25) is 0 Å². The van der Waals surface area contributed by atoms with Crippen molar-refractivity contribution in [2.75, 3.05) is 0 Å². The van der Waals surface area contributed by atoms with Crippen LogP contribution in [-0.4, -0.2) is 9.97 Å². The minimum Gasteiger partial charge on any atom is -0.213 e. The summed E-state index contributed by atoms with van der Waals surface area (Å²) in [7, 11) is 0. The minimum atomic E-state index is -0.791. The van der Waals surface area contributed by atoms with E-state index in [0.717, 1.165) is 16.7 Å². The molecule has 2 aromatic rings. The molecule has 1 aromatic heterocycles. The van der Waals surface area contributed by atoms with Crippen molar-refractivity contribution in [3.63, 3.8) is 0 Å². The summed E-state index contributed by atoms with van der Waals surface area (Å²) in [6.07, 6.45) is 0. The summed E-state index contributed by atoms with van der Waals surface area (Å²) in [5.41, 5.74) is 3.02. The molecule has 0 amide bonds. The Morgan fingerprint density at radius 1 is 1.00 bits per heavy atom. The number of aryl methyl sites for hydroxylation is 2. The summed E-state index contributed by atoms with van der Waals surface area (Å²) in [6, 6.07) is 5.71. The van der Waals surface area contributed by atoms with E-state index in [2.05, 4.69) is 9.97 Å². The summed E-state index contributed by atoms with van der Waals surface area (Å²) >= 11 is 11.3. The van der Waals surface area contributed by atoms with Gasteiger partial charge in [0, 0.05) is 5.56 Å². The van der Waals surface area contributed by atoms with Gasteiger partial charge in [0.05, 0.1) is 0 Å². The van der Waals surface area contributed by atoms with Crippen LogP contribution in [0.1, 0.15) is 11.1 Å². The number of rotatable bonds is 1. The molecule has 0 aliphatic carbocycles. The second-order valence-corrected chi connectivity index (χ2v) is 4.46. The van der Waals surface area contributed by atoms with Gasteiger partial charge >= 0.3 is 0 Å². The molecule has 2 rings (SSSR count). The molecule has 0 saturated carbocycles. The molecule has 0 saturated heterocycles. The Balaban J connectivity index is 2.57. The zero-order valence-corrected chi connectivity index (χ0v) is 10.8. The zero-order valence-electron chi connectivity index (χ0n) is 9.26. The lowest BCUT2D eigenvalue weighted by molar-refractivity contribution is 0.615. The summed E-state index contributed by atoms with van der Waals surface area (Å²) in [4.78, 5) is 7.74. The van der Waals surface area contributed by atoms with Gasteiger partial charge in [0.2, 0.25) is 0 Å². The van der Waals surface area contributed by atoms with Crippen molar-refractivity contribution in [3.8, 4) is 11.4 Å². The van der Waals surface area contributed by atoms with Gasteiger partial charge in [0.15, 0.2) is 21.9 Å². The van der Waals surface area contributed by atoms with Crippen molar-refractivity contribution in [1.29, 1.82) is 0 Å². The van der Waals surface area contributed by atoms with Crippen LogP contribution in [0, 0.1) is 19.7 Å². The minimum absolute atomic E-state index is 0.266. The van der Waals surface area contributed by atoms with Gasteiger partial charge in [-0.15, -0.1) is 0 Å². The first-order chi connectivity index (χ1) is 7.99. The number of benzene rings is 1. The molecular weight excluding hydrogens is 262 g/mol. The van der Waals surface area contributed by atoms with Gasteiger partial charge in [-0.1, -0.05) is 35.3 Å². The van der Waals surface area contributed by atoms with Crippen molar-refractivity contribution in [1.82, 2.24) is 9.97 Å². The molecule has 0 atom stereocenters. The molecule has 0 fully saturated rings. The van der Waals surface area contributed by atoms with Crippen LogP contribution in [-0.2, 0) is 0 Å². The molecule has 0 unspecified atom stereocenters. The fourth-order valence-electron chi connectivity index (χ4n) is 1.40. The van der Waals surface area contributed by atoms with Crippen molar-refractivity contribution < 1.29 is 4.39 Å². The van der Waals surface area contributed by atoms with E-state index in [1.165, 1.54) is 0 Å². The number of nitrogens with zero attached hydrogens (tertiary/aromatic N) is 2. The van der Waals surface area contributed by atoms with Gasteiger partial charge in [-0.2, -0.15) is 0 Å². The molecule has 0 radical (unpaired) electrons. The van der Waals surface area contributed by atoms with Gasteiger partial charge < -0.3 is 0 Å². The zero-order chi connectivity index (χ0) is 12.6. The van der Waals surface area contributed by atoms with Crippen molar-refractivity contribution >= 4 is 23.2 Å². The molecule has 1 aromatic carbocycles. The van der Waals surface area contributed by atoms with E-state index in [0.29, 0.717) is 5.82 Å². The maximum atomic E-state index is 13.2. The van der Waals surface area contributed by atoms with Crippen LogP contribution in [0.4, 0.5) is 4.39 Å². The van der Waals surface area contributed by atoms with E-state index in [1.54, 1.807) is 0 Å². The Hall–Kier alpha value is -1.19. The maximum absolute atomic E-state index is 13.2. The first kappa shape index (κ1) is 12.3. The molecule has 0 aliphatic rings. The Morgan fingerprint density at radius 3 is 2.12 bits per heavy atom. The third kappa shape index (κ3) is 2.40. The SMILES string of the molecule is Cc1ccc(-c2nc(Cl)c(F)c(Cl)n2)cc1C. The molecule has 1 heterocycles. The van der Waals surface area contributed by atoms with Crippen molar-refractivity contribution in [2.24, 2.45) is 0 Å². The third-order valence-corrected chi connectivity index (χ3v) is 3.04. The van der Waals surface area contributed by atoms with Gasteiger partial charge in [0.1, 0.15) is 0 Å². The molecule has 88 valence electrons. The average Bonchev–Trinajstić information content (AvgIpc) is 2.29. The molecule has 0 N–H and O–H groups in total. The normalized spacial score (nSPS) is 10.6. The number of halogens is 3. The topological polar surface area (TPSA) is 25.8 Å². The predicted octanol–water partition coefficient (Wildman–Crippen LogP) is 4.21. The quantitative estimate of drug-likeness (QED) is 0.726. The van der Waals surface area contributed by atoms with E-state index in [4.69, 9.17) is 23.2 Å². The molecule has 17 heavy (non-hydrogen) atoms. The first-order valence-electron chi connectivity index (χ1n) is 4.95. The Morgan fingerprint density at radius 2 is 1.59 bits per heavy atom. The van der Waals surface area contributed by atoms with Gasteiger partial charge in [-0.25, -0.2) is 14.4 Å². The van der Waals surface area contributed by atoms with Crippen LogP contribution in [0.15, 0.2) is 18.2 Å². The average molecular weight is 271 g/mol.